The zero-order valence-corrected chi connectivity index (χ0v) is 14.7. The number of allylic oxidation sites excluding steroid dienone is 2. The average Bonchev–Trinajstić information content (AvgIpc) is 2.39. The van der Waals surface area contributed by atoms with E-state index in [9.17, 15) is 0 Å². The van der Waals surface area contributed by atoms with Crippen LogP contribution in [0.3, 0.4) is 0 Å². The van der Waals surface area contributed by atoms with Gasteiger partial charge in [-0.2, -0.15) is 0 Å². The summed E-state index contributed by atoms with van der Waals surface area (Å²) in [7, 11) is 0. The molecule has 0 saturated heterocycles. The predicted octanol–water partition coefficient (Wildman–Crippen LogP) is 5.92. The van der Waals surface area contributed by atoms with Gasteiger partial charge in [-0.05, 0) is 25.7 Å². The Balaban J connectivity index is -0.000000529. The fourth-order valence-corrected chi connectivity index (χ4v) is 1.32. The van der Waals surface area contributed by atoms with Crippen LogP contribution < -0.4 is 6.15 Å². The van der Waals surface area contributed by atoms with Crippen molar-refractivity contribution in [2.24, 2.45) is 10.9 Å². The van der Waals surface area contributed by atoms with Crippen LogP contribution in [-0.4, -0.2) is 12.5 Å². The Bertz CT molecular complexity index is 279. The molecule has 0 fully saturated rings. The first-order valence-corrected chi connectivity index (χ1v) is 7.68. The first-order valence-electron chi connectivity index (χ1n) is 7.68. The molecule has 1 rings (SSSR count). The molecule has 0 aromatic heterocycles. The molecular weight excluding hydrogens is 248 g/mol. The van der Waals surface area contributed by atoms with Crippen LogP contribution >= 0.6 is 0 Å². The van der Waals surface area contributed by atoms with Crippen LogP contribution in [0.1, 0.15) is 67.7 Å². The van der Waals surface area contributed by atoms with Crippen molar-refractivity contribution < 1.29 is 4.74 Å². The van der Waals surface area contributed by atoms with Crippen LogP contribution in [0.5, 0.6) is 0 Å². The Hall–Kier alpha value is -1.09. The Labute approximate surface area is 126 Å². The molecule has 120 valence electrons. The number of aliphatic imine (C=N–C) groups is 1. The number of hydrogen-bond donors (Lipinski definition) is 1. The molecule has 0 aliphatic carbocycles. The Morgan fingerprint density at radius 1 is 1.20 bits per heavy atom. The highest BCUT2D eigenvalue weighted by molar-refractivity contribution is 5.79. The molecule has 0 unspecified atom stereocenters. The molecule has 3 nitrogen and oxygen atoms in total. The standard InChI is InChI=1S/C13H21NO.2C2H6.H3N/c1-11(2)7-9-15-13-10-12(3)6-4-5-8-14-13;2*1-2;/h5-6,8,11H,4,7,9-10H2,1-3H3;2*1-2H3;1H3/b8-5-,12-6-,14-13?;;;. The summed E-state index contributed by atoms with van der Waals surface area (Å²) in [4.78, 5) is 4.30. The van der Waals surface area contributed by atoms with Gasteiger partial charge in [0.1, 0.15) is 0 Å². The lowest BCUT2D eigenvalue weighted by atomic mass is 10.1. The molecule has 3 heteroatoms. The van der Waals surface area contributed by atoms with Gasteiger partial charge < -0.3 is 10.9 Å². The van der Waals surface area contributed by atoms with Gasteiger partial charge in [0.05, 0.1) is 6.61 Å². The van der Waals surface area contributed by atoms with Crippen LogP contribution in [0.25, 0.3) is 0 Å². The summed E-state index contributed by atoms with van der Waals surface area (Å²) in [5, 5.41) is 0. The predicted molar refractivity (Wildman–Crippen MR) is 92.7 cm³/mol. The second-order valence-corrected chi connectivity index (χ2v) is 4.40. The Morgan fingerprint density at radius 2 is 1.80 bits per heavy atom. The van der Waals surface area contributed by atoms with Crippen molar-refractivity contribution in [3.05, 3.63) is 23.9 Å². The minimum absolute atomic E-state index is 0. The minimum Gasteiger partial charge on any atom is -0.480 e. The monoisotopic (exact) mass is 284 g/mol. The topological polar surface area (TPSA) is 56.6 Å². The SMILES string of the molecule is C/C1=C/C/C=C\N=C(OCCC(C)C)C1.CC.CC.N. The Morgan fingerprint density at radius 3 is 2.35 bits per heavy atom. The minimum atomic E-state index is 0. The van der Waals surface area contributed by atoms with E-state index in [1.54, 1.807) is 0 Å². The molecule has 1 aliphatic rings. The quantitative estimate of drug-likeness (QED) is 0.654. The van der Waals surface area contributed by atoms with Crippen molar-refractivity contribution in [2.75, 3.05) is 6.61 Å². The molecule has 3 N–H and O–H groups in total. The molecule has 0 spiro atoms. The summed E-state index contributed by atoms with van der Waals surface area (Å²) in [6, 6.07) is 0. The van der Waals surface area contributed by atoms with Crippen molar-refractivity contribution >= 4 is 5.90 Å². The van der Waals surface area contributed by atoms with E-state index in [0.717, 1.165) is 31.8 Å². The van der Waals surface area contributed by atoms with Crippen molar-refractivity contribution in [3.63, 3.8) is 0 Å². The third kappa shape index (κ3) is 15.0. The molecule has 0 amide bonds. The van der Waals surface area contributed by atoms with E-state index in [0.29, 0.717) is 5.92 Å². The summed E-state index contributed by atoms with van der Waals surface area (Å²) in [5.41, 5.74) is 1.34. The smallest absolute Gasteiger partial charge is 0.191 e. The fourth-order valence-electron chi connectivity index (χ4n) is 1.32. The zero-order valence-electron chi connectivity index (χ0n) is 14.7. The molecule has 0 aromatic rings. The van der Waals surface area contributed by atoms with Gasteiger partial charge in [-0.1, -0.05) is 59.3 Å². The summed E-state index contributed by atoms with van der Waals surface area (Å²) in [5.74, 6) is 1.53. The molecular formula is C17H36N2O. The Kier molecular flexibility index (Phi) is 21.5. The summed E-state index contributed by atoms with van der Waals surface area (Å²) >= 11 is 0. The van der Waals surface area contributed by atoms with Gasteiger partial charge in [0.2, 0.25) is 0 Å². The first-order chi connectivity index (χ1) is 9.18. The van der Waals surface area contributed by atoms with E-state index in [-0.39, 0.29) is 6.15 Å². The van der Waals surface area contributed by atoms with Crippen molar-refractivity contribution in [2.45, 2.75) is 67.7 Å². The molecule has 0 bridgehead atoms. The van der Waals surface area contributed by atoms with E-state index in [2.05, 4.69) is 37.9 Å². The third-order valence-electron chi connectivity index (χ3n) is 2.32. The molecule has 20 heavy (non-hydrogen) atoms. The number of rotatable bonds is 3. The summed E-state index contributed by atoms with van der Waals surface area (Å²) < 4.78 is 5.66. The second-order valence-electron chi connectivity index (χ2n) is 4.40. The van der Waals surface area contributed by atoms with Crippen LogP contribution in [-0.2, 0) is 4.74 Å². The zero-order chi connectivity index (χ0) is 15.1. The highest BCUT2D eigenvalue weighted by Gasteiger charge is 2.03. The largest absolute Gasteiger partial charge is 0.480 e. The van der Waals surface area contributed by atoms with E-state index >= 15 is 0 Å². The van der Waals surface area contributed by atoms with Gasteiger partial charge >= 0.3 is 0 Å². The number of nitrogens with zero attached hydrogens (tertiary/aromatic N) is 1. The summed E-state index contributed by atoms with van der Waals surface area (Å²) in [6.07, 6.45) is 9.03. The van der Waals surface area contributed by atoms with E-state index in [1.807, 2.05) is 33.9 Å². The van der Waals surface area contributed by atoms with Gasteiger partial charge in [0.25, 0.3) is 0 Å². The second kappa shape index (κ2) is 17.9. The van der Waals surface area contributed by atoms with Crippen LogP contribution in [0, 0.1) is 5.92 Å². The van der Waals surface area contributed by atoms with Gasteiger partial charge in [-0.15, -0.1) is 0 Å². The lowest BCUT2D eigenvalue weighted by Crippen LogP contribution is -2.08. The molecule has 0 saturated carbocycles. The first kappa shape index (κ1) is 24.0. The molecule has 1 aliphatic heterocycles. The van der Waals surface area contributed by atoms with Crippen LogP contribution in [0.2, 0.25) is 0 Å². The van der Waals surface area contributed by atoms with Crippen LogP contribution in [0.15, 0.2) is 28.9 Å². The summed E-state index contributed by atoms with van der Waals surface area (Å²) in [6.45, 7) is 15.3. The molecule has 0 aromatic carbocycles. The van der Waals surface area contributed by atoms with Gasteiger partial charge in [-0.3, -0.25) is 0 Å². The lowest BCUT2D eigenvalue weighted by Gasteiger charge is -2.11. The maximum Gasteiger partial charge on any atom is 0.191 e. The van der Waals surface area contributed by atoms with Gasteiger partial charge in [0.15, 0.2) is 5.90 Å². The molecule has 0 atom stereocenters. The van der Waals surface area contributed by atoms with Gasteiger partial charge in [0, 0.05) is 12.6 Å². The van der Waals surface area contributed by atoms with Crippen molar-refractivity contribution in [3.8, 4) is 0 Å². The normalized spacial score (nSPS) is 17.4. The van der Waals surface area contributed by atoms with Crippen molar-refractivity contribution in [1.29, 1.82) is 0 Å². The highest BCUT2D eigenvalue weighted by atomic mass is 16.5. The number of ether oxygens (including phenoxy) is 1. The van der Waals surface area contributed by atoms with Gasteiger partial charge in [-0.25, -0.2) is 4.99 Å². The lowest BCUT2D eigenvalue weighted by molar-refractivity contribution is 0.272. The average molecular weight is 284 g/mol. The highest BCUT2D eigenvalue weighted by Crippen LogP contribution is 2.09. The molecule has 0 radical (unpaired) electrons. The van der Waals surface area contributed by atoms with E-state index in [1.165, 1.54) is 5.57 Å². The third-order valence-corrected chi connectivity index (χ3v) is 2.32. The number of hydrogen-bond acceptors (Lipinski definition) is 3. The fraction of sp³-hybridized carbons (Fsp3) is 0.706. The van der Waals surface area contributed by atoms with E-state index < -0.39 is 0 Å². The van der Waals surface area contributed by atoms with Crippen molar-refractivity contribution in [1.82, 2.24) is 6.15 Å². The van der Waals surface area contributed by atoms with E-state index in [4.69, 9.17) is 4.74 Å². The van der Waals surface area contributed by atoms with Crippen LogP contribution in [0.4, 0.5) is 0 Å². The maximum absolute atomic E-state index is 5.66. The maximum atomic E-state index is 5.66. The molecule has 1 heterocycles.